The first-order valence-electron chi connectivity index (χ1n) is 5.99. The number of nitrogens with zero attached hydrogens (tertiary/aromatic N) is 2. The topological polar surface area (TPSA) is 51.0 Å². The second-order valence-corrected chi connectivity index (χ2v) is 4.93. The first-order chi connectivity index (χ1) is 8.79. The SMILES string of the molecule is CNCCCc1nc(Cc2ccccc2Br)no1. The van der Waals surface area contributed by atoms with Gasteiger partial charge in [0.1, 0.15) is 0 Å². The molecule has 96 valence electrons. The van der Waals surface area contributed by atoms with Crippen LogP contribution in [0.25, 0.3) is 0 Å². The van der Waals surface area contributed by atoms with Crippen LogP contribution in [0.15, 0.2) is 33.3 Å². The van der Waals surface area contributed by atoms with Crippen molar-refractivity contribution >= 4 is 15.9 Å². The van der Waals surface area contributed by atoms with Gasteiger partial charge in [-0.1, -0.05) is 39.3 Å². The van der Waals surface area contributed by atoms with E-state index in [0.717, 1.165) is 29.7 Å². The standard InChI is InChI=1S/C13H16BrN3O/c1-15-8-4-7-13-16-12(17-18-13)9-10-5-2-3-6-11(10)14/h2-3,5-6,15H,4,7-9H2,1H3. The van der Waals surface area contributed by atoms with E-state index >= 15 is 0 Å². The van der Waals surface area contributed by atoms with Gasteiger partial charge in [0.05, 0.1) is 0 Å². The molecule has 2 aromatic rings. The average molecular weight is 310 g/mol. The lowest BCUT2D eigenvalue weighted by Gasteiger charge is -1.99. The summed E-state index contributed by atoms with van der Waals surface area (Å²) < 4.78 is 6.29. The van der Waals surface area contributed by atoms with E-state index in [4.69, 9.17) is 4.52 Å². The Morgan fingerprint density at radius 2 is 2.17 bits per heavy atom. The van der Waals surface area contributed by atoms with Gasteiger partial charge in [-0.15, -0.1) is 0 Å². The molecule has 0 radical (unpaired) electrons. The Morgan fingerprint density at radius 3 is 2.94 bits per heavy atom. The molecule has 4 nitrogen and oxygen atoms in total. The Labute approximate surface area is 115 Å². The molecule has 1 aromatic carbocycles. The predicted octanol–water partition coefficient (Wildman–Crippen LogP) is 2.57. The number of halogens is 1. The highest BCUT2D eigenvalue weighted by Crippen LogP contribution is 2.18. The third kappa shape index (κ3) is 3.65. The number of benzene rings is 1. The maximum Gasteiger partial charge on any atom is 0.226 e. The number of rotatable bonds is 6. The number of nitrogens with one attached hydrogen (secondary N) is 1. The Morgan fingerprint density at radius 1 is 1.33 bits per heavy atom. The first kappa shape index (κ1) is 13.2. The third-order valence-corrected chi connectivity index (χ3v) is 3.41. The zero-order valence-corrected chi connectivity index (χ0v) is 11.9. The summed E-state index contributed by atoms with van der Waals surface area (Å²) in [7, 11) is 1.94. The zero-order chi connectivity index (χ0) is 12.8. The fourth-order valence-corrected chi connectivity index (χ4v) is 2.12. The Bertz CT molecular complexity index is 498. The Balaban J connectivity index is 1.96. The quantitative estimate of drug-likeness (QED) is 0.833. The van der Waals surface area contributed by atoms with Crippen LogP contribution in [-0.2, 0) is 12.8 Å². The van der Waals surface area contributed by atoms with Crippen molar-refractivity contribution in [2.75, 3.05) is 13.6 Å². The van der Waals surface area contributed by atoms with Gasteiger partial charge < -0.3 is 9.84 Å². The van der Waals surface area contributed by atoms with Crippen molar-refractivity contribution in [3.63, 3.8) is 0 Å². The molecule has 0 aliphatic rings. The van der Waals surface area contributed by atoms with Crippen molar-refractivity contribution < 1.29 is 4.52 Å². The van der Waals surface area contributed by atoms with Gasteiger partial charge in [-0.2, -0.15) is 4.98 Å². The lowest BCUT2D eigenvalue weighted by molar-refractivity contribution is 0.370. The lowest BCUT2D eigenvalue weighted by Crippen LogP contribution is -2.08. The zero-order valence-electron chi connectivity index (χ0n) is 10.3. The van der Waals surface area contributed by atoms with E-state index < -0.39 is 0 Å². The molecule has 0 saturated carbocycles. The highest BCUT2D eigenvalue weighted by atomic mass is 79.9. The number of hydrogen-bond donors (Lipinski definition) is 1. The third-order valence-electron chi connectivity index (χ3n) is 2.63. The molecule has 18 heavy (non-hydrogen) atoms. The monoisotopic (exact) mass is 309 g/mol. The molecule has 2 rings (SSSR count). The summed E-state index contributed by atoms with van der Waals surface area (Å²) in [5.41, 5.74) is 1.17. The minimum Gasteiger partial charge on any atom is -0.339 e. The van der Waals surface area contributed by atoms with Gasteiger partial charge in [0, 0.05) is 17.3 Å². The van der Waals surface area contributed by atoms with Crippen molar-refractivity contribution in [2.24, 2.45) is 0 Å². The van der Waals surface area contributed by atoms with Crippen molar-refractivity contribution in [1.29, 1.82) is 0 Å². The van der Waals surface area contributed by atoms with Gasteiger partial charge in [0.15, 0.2) is 5.82 Å². The highest BCUT2D eigenvalue weighted by molar-refractivity contribution is 9.10. The second kappa shape index (κ2) is 6.66. The molecule has 0 bridgehead atoms. The summed E-state index contributed by atoms with van der Waals surface area (Å²) >= 11 is 3.52. The van der Waals surface area contributed by atoms with Gasteiger partial charge in [-0.25, -0.2) is 0 Å². The van der Waals surface area contributed by atoms with Gasteiger partial charge in [0.25, 0.3) is 0 Å². The largest absolute Gasteiger partial charge is 0.339 e. The lowest BCUT2D eigenvalue weighted by atomic mass is 10.1. The van der Waals surface area contributed by atoms with E-state index in [0.29, 0.717) is 12.3 Å². The van der Waals surface area contributed by atoms with Crippen molar-refractivity contribution in [1.82, 2.24) is 15.5 Å². The van der Waals surface area contributed by atoms with Crippen LogP contribution in [0.2, 0.25) is 0 Å². The molecule has 0 aliphatic heterocycles. The van der Waals surface area contributed by atoms with E-state index in [2.05, 4.69) is 37.5 Å². The maximum atomic E-state index is 5.22. The van der Waals surface area contributed by atoms with Crippen LogP contribution in [-0.4, -0.2) is 23.7 Å². The molecule has 0 amide bonds. The average Bonchev–Trinajstić information content (AvgIpc) is 2.80. The number of aryl methyl sites for hydroxylation is 1. The van der Waals surface area contributed by atoms with E-state index in [1.54, 1.807) is 0 Å². The minimum absolute atomic E-state index is 0.691. The normalized spacial score (nSPS) is 10.8. The van der Waals surface area contributed by atoms with Crippen molar-refractivity contribution in [3.05, 3.63) is 46.0 Å². The molecule has 1 aromatic heterocycles. The van der Waals surface area contributed by atoms with E-state index in [-0.39, 0.29) is 0 Å². The molecule has 0 saturated heterocycles. The van der Waals surface area contributed by atoms with Crippen LogP contribution in [0, 0.1) is 0 Å². The summed E-state index contributed by atoms with van der Waals surface area (Å²) in [5.74, 6) is 1.45. The molecular weight excluding hydrogens is 294 g/mol. The fourth-order valence-electron chi connectivity index (χ4n) is 1.69. The maximum absolute atomic E-state index is 5.22. The van der Waals surface area contributed by atoms with E-state index in [9.17, 15) is 0 Å². The second-order valence-electron chi connectivity index (χ2n) is 4.08. The number of aromatic nitrogens is 2. The summed E-state index contributed by atoms with van der Waals surface area (Å²) in [6.07, 6.45) is 2.52. The molecular formula is C13H16BrN3O. The Hall–Kier alpha value is -1.20. The van der Waals surface area contributed by atoms with Crippen LogP contribution in [0.3, 0.4) is 0 Å². The minimum atomic E-state index is 0.691. The van der Waals surface area contributed by atoms with Gasteiger partial charge in [-0.3, -0.25) is 0 Å². The fraction of sp³-hybridized carbons (Fsp3) is 0.385. The highest BCUT2D eigenvalue weighted by Gasteiger charge is 2.08. The molecule has 1 N–H and O–H groups in total. The van der Waals surface area contributed by atoms with Gasteiger partial charge in [-0.05, 0) is 31.6 Å². The smallest absolute Gasteiger partial charge is 0.226 e. The molecule has 5 heteroatoms. The summed E-state index contributed by atoms with van der Waals surface area (Å²) in [6.45, 7) is 0.960. The Kier molecular flexibility index (Phi) is 4.90. The van der Waals surface area contributed by atoms with E-state index in [1.165, 1.54) is 5.56 Å². The molecule has 0 aliphatic carbocycles. The summed E-state index contributed by atoms with van der Waals surface area (Å²) in [5, 5.41) is 7.10. The molecule has 0 fully saturated rings. The van der Waals surface area contributed by atoms with Crippen LogP contribution < -0.4 is 5.32 Å². The summed E-state index contributed by atoms with van der Waals surface area (Å²) in [4.78, 5) is 4.39. The van der Waals surface area contributed by atoms with Crippen LogP contribution in [0.5, 0.6) is 0 Å². The molecule has 0 atom stereocenters. The van der Waals surface area contributed by atoms with E-state index in [1.807, 2.05) is 25.2 Å². The van der Waals surface area contributed by atoms with Gasteiger partial charge in [0.2, 0.25) is 5.89 Å². The molecule has 0 unspecified atom stereocenters. The van der Waals surface area contributed by atoms with Crippen LogP contribution in [0.4, 0.5) is 0 Å². The molecule has 0 spiro atoms. The van der Waals surface area contributed by atoms with Crippen molar-refractivity contribution in [2.45, 2.75) is 19.3 Å². The van der Waals surface area contributed by atoms with Crippen LogP contribution in [0.1, 0.15) is 23.7 Å². The van der Waals surface area contributed by atoms with Crippen molar-refractivity contribution in [3.8, 4) is 0 Å². The first-order valence-corrected chi connectivity index (χ1v) is 6.78. The van der Waals surface area contributed by atoms with Crippen LogP contribution >= 0.6 is 15.9 Å². The summed E-state index contributed by atoms with van der Waals surface area (Å²) in [6, 6.07) is 8.07. The van der Waals surface area contributed by atoms with Gasteiger partial charge >= 0.3 is 0 Å². The molecule has 1 heterocycles. The predicted molar refractivity (Wildman–Crippen MR) is 73.5 cm³/mol. The number of hydrogen-bond acceptors (Lipinski definition) is 4.